The van der Waals surface area contributed by atoms with Crippen LogP contribution in [0, 0.1) is 6.92 Å². The molecule has 0 saturated heterocycles. The monoisotopic (exact) mass is 362 g/mol. The van der Waals surface area contributed by atoms with Gasteiger partial charge in [0, 0.05) is 17.3 Å². The summed E-state index contributed by atoms with van der Waals surface area (Å²) in [6.07, 6.45) is 4.98. The smallest absolute Gasteiger partial charge is 0.261 e. The molecule has 1 heterocycles. The number of carbonyl (C=O) groups is 3. The number of amides is 3. The summed E-state index contributed by atoms with van der Waals surface area (Å²) in [4.78, 5) is 39.6. The van der Waals surface area contributed by atoms with Crippen molar-refractivity contribution in [3.05, 3.63) is 64.7 Å². The average molecular weight is 362 g/mol. The normalized spacial score (nSPS) is 17.1. The van der Waals surface area contributed by atoms with Gasteiger partial charge < -0.3 is 5.32 Å². The number of benzene rings is 2. The Kier molecular flexibility index (Phi) is 4.52. The van der Waals surface area contributed by atoms with Gasteiger partial charge >= 0.3 is 0 Å². The molecule has 1 aliphatic carbocycles. The molecule has 0 atom stereocenters. The number of hydrogen-bond donors (Lipinski definition) is 1. The highest BCUT2D eigenvalue weighted by atomic mass is 16.2. The summed E-state index contributed by atoms with van der Waals surface area (Å²) in [5, 5.41) is 2.84. The Hall–Kier alpha value is -2.95. The molecule has 0 aromatic heterocycles. The number of rotatable bonds is 3. The van der Waals surface area contributed by atoms with Gasteiger partial charge in [0.05, 0.1) is 11.1 Å². The third kappa shape index (κ3) is 3.25. The van der Waals surface area contributed by atoms with E-state index in [1.54, 1.807) is 18.2 Å². The minimum absolute atomic E-state index is 0.0179. The zero-order chi connectivity index (χ0) is 19.0. The van der Waals surface area contributed by atoms with Crippen LogP contribution in [0.15, 0.2) is 42.5 Å². The predicted molar refractivity (Wildman–Crippen MR) is 103 cm³/mol. The molecule has 138 valence electrons. The second-order valence-electron chi connectivity index (χ2n) is 7.36. The Balaban J connectivity index is 1.58. The van der Waals surface area contributed by atoms with Crippen molar-refractivity contribution in [2.24, 2.45) is 0 Å². The largest absolute Gasteiger partial charge is 0.322 e. The Morgan fingerprint density at radius 1 is 0.963 bits per heavy atom. The van der Waals surface area contributed by atoms with Gasteiger partial charge in [-0.3, -0.25) is 19.3 Å². The van der Waals surface area contributed by atoms with E-state index < -0.39 is 0 Å². The van der Waals surface area contributed by atoms with Crippen molar-refractivity contribution in [1.82, 2.24) is 4.90 Å². The van der Waals surface area contributed by atoms with E-state index in [2.05, 4.69) is 5.32 Å². The van der Waals surface area contributed by atoms with Crippen LogP contribution in [0.2, 0.25) is 0 Å². The van der Waals surface area contributed by atoms with Crippen molar-refractivity contribution >= 4 is 23.4 Å². The first-order chi connectivity index (χ1) is 13.0. The number of carbonyl (C=O) groups excluding carboxylic acids is 3. The number of hydrogen-bond acceptors (Lipinski definition) is 3. The minimum Gasteiger partial charge on any atom is -0.322 e. The van der Waals surface area contributed by atoms with Gasteiger partial charge in [-0.1, -0.05) is 31.4 Å². The molecule has 0 radical (unpaired) electrons. The number of nitrogens with zero attached hydrogens (tertiary/aromatic N) is 1. The molecule has 1 fully saturated rings. The lowest BCUT2D eigenvalue weighted by atomic mass is 9.94. The molecule has 3 amide bonds. The second kappa shape index (κ2) is 6.99. The van der Waals surface area contributed by atoms with Gasteiger partial charge in [0.1, 0.15) is 0 Å². The Morgan fingerprint density at radius 3 is 2.44 bits per heavy atom. The third-order valence-electron chi connectivity index (χ3n) is 5.40. The van der Waals surface area contributed by atoms with Crippen LogP contribution in [0.25, 0.3) is 0 Å². The Morgan fingerprint density at radius 2 is 1.70 bits per heavy atom. The highest BCUT2D eigenvalue weighted by molar-refractivity contribution is 6.22. The van der Waals surface area contributed by atoms with Crippen LogP contribution in [-0.4, -0.2) is 28.7 Å². The van der Waals surface area contributed by atoms with E-state index in [1.807, 2.05) is 31.2 Å². The van der Waals surface area contributed by atoms with Crippen molar-refractivity contribution in [1.29, 1.82) is 0 Å². The quantitative estimate of drug-likeness (QED) is 0.833. The second-order valence-corrected chi connectivity index (χ2v) is 7.36. The van der Waals surface area contributed by atoms with Crippen LogP contribution in [0.4, 0.5) is 5.69 Å². The van der Waals surface area contributed by atoms with Crippen LogP contribution >= 0.6 is 0 Å². The Labute approximate surface area is 158 Å². The van der Waals surface area contributed by atoms with Gasteiger partial charge in [-0.05, 0) is 55.7 Å². The average Bonchev–Trinajstić information content (AvgIpc) is 2.92. The highest BCUT2D eigenvalue weighted by Crippen LogP contribution is 2.31. The van der Waals surface area contributed by atoms with Crippen molar-refractivity contribution in [3.8, 4) is 0 Å². The van der Waals surface area contributed by atoms with Crippen molar-refractivity contribution in [2.45, 2.75) is 45.1 Å². The number of fused-ring (bicyclic) bond motifs is 1. The maximum Gasteiger partial charge on any atom is 0.261 e. The lowest BCUT2D eigenvalue weighted by molar-refractivity contribution is 0.0549. The number of anilines is 1. The summed E-state index contributed by atoms with van der Waals surface area (Å²) < 4.78 is 0. The molecule has 27 heavy (non-hydrogen) atoms. The third-order valence-corrected chi connectivity index (χ3v) is 5.40. The summed E-state index contributed by atoms with van der Waals surface area (Å²) in [5.74, 6) is -0.792. The first-order valence-electron chi connectivity index (χ1n) is 9.44. The molecule has 2 aromatic rings. The maximum atomic E-state index is 12.9. The Bertz CT molecular complexity index is 929. The summed E-state index contributed by atoms with van der Waals surface area (Å²) in [6.45, 7) is 1.95. The zero-order valence-corrected chi connectivity index (χ0v) is 15.3. The fraction of sp³-hybridized carbons (Fsp3) is 0.318. The molecule has 0 bridgehead atoms. The molecule has 2 aliphatic rings. The van der Waals surface area contributed by atoms with Crippen molar-refractivity contribution in [2.75, 3.05) is 5.32 Å². The van der Waals surface area contributed by atoms with E-state index in [4.69, 9.17) is 0 Å². The van der Waals surface area contributed by atoms with Crippen LogP contribution in [0.5, 0.6) is 0 Å². The number of imide groups is 1. The fourth-order valence-electron chi connectivity index (χ4n) is 4.00. The highest BCUT2D eigenvalue weighted by Gasteiger charge is 2.40. The molecular weight excluding hydrogens is 340 g/mol. The topological polar surface area (TPSA) is 66.5 Å². The zero-order valence-electron chi connectivity index (χ0n) is 15.3. The van der Waals surface area contributed by atoms with Gasteiger partial charge in [0.15, 0.2) is 0 Å². The first kappa shape index (κ1) is 17.5. The van der Waals surface area contributed by atoms with Crippen molar-refractivity contribution < 1.29 is 14.4 Å². The van der Waals surface area contributed by atoms with Gasteiger partial charge in [-0.25, -0.2) is 0 Å². The van der Waals surface area contributed by atoms with Crippen molar-refractivity contribution in [3.63, 3.8) is 0 Å². The summed E-state index contributed by atoms with van der Waals surface area (Å²) in [7, 11) is 0. The molecule has 0 spiro atoms. The van der Waals surface area contributed by atoms with Gasteiger partial charge in [-0.2, -0.15) is 0 Å². The molecule has 1 aliphatic heterocycles. The van der Waals surface area contributed by atoms with E-state index in [1.165, 1.54) is 4.90 Å². The van der Waals surface area contributed by atoms with Gasteiger partial charge in [0.2, 0.25) is 0 Å². The molecule has 1 saturated carbocycles. The molecule has 1 N–H and O–H groups in total. The van der Waals surface area contributed by atoms with Crippen LogP contribution in [0.1, 0.15) is 68.7 Å². The van der Waals surface area contributed by atoms with E-state index in [9.17, 15) is 14.4 Å². The van der Waals surface area contributed by atoms with E-state index in [-0.39, 0.29) is 23.8 Å². The van der Waals surface area contributed by atoms with E-state index in [0.717, 1.165) is 37.7 Å². The molecule has 5 nitrogen and oxygen atoms in total. The lowest BCUT2D eigenvalue weighted by Gasteiger charge is -2.29. The SMILES string of the molecule is Cc1cccc(NC(=O)c2ccc3c(c2)C(=O)N(C2CCCCC2)C3=O)c1. The van der Waals surface area contributed by atoms with Crippen LogP contribution < -0.4 is 5.32 Å². The van der Waals surface area contributed by atoms with E-state index >= 15 is 0 Å². The minimum atomic E-state index is -0.292. The molecule has 2 aromatic carbocycles. The van der Waals surface area contributed by atoms with Crippen LogP contribution in [-0.2, 0) is 0 Å². The summed E-state index contributed by atoms with van der Waals surface area (Å²) in [6, 6.07) is 12.3. The fourth-order valence-corrected chi connectivity index (χ4v) is 4.00. The maximum absolute atomic E-state index is 12.9. The number of aryl methyl sites for hydroxylation is 1. The standard InChI is InChI=1S/C22H22N2O3/c1-14-6-5-7-16(12-14)23-20(25)15-10-11-18-19(13-15)22(27)24(21(18)26)17-8-3-2-4-9-17/h5-7,10-13,17H,2-4,8-9H2,1H3,(H,23,25). The summed E-state index contributed by atoms with van der Waals surface area (Å²) in [5.41, 5.74) is 2.86. The molecular formula is C22H22N2O3. The lowest BCUT2D eigenvalue weighted by Crippen LogP contribution is -2.40. The van der Waals surface area contributed by atoms with E-state index in [0.29, 0.717) is 22.4 Å². The molecule has 5 heteroatoms. The summed E-state index contributed by atoms with van der Waals surface area (Å²) >= 11 is 0. The molecule has 0 unspecified atom stereocenters. The van der Waals surface area contributed by atoms with Gasteiger partial charge in [-0.15, -0.1) is 0 Å². The predicted octanol–water partition coefficient (Wildman–Crippen LogP) is 4.18. The number of nitrogens with one attached hydrogen (secondary N) is 1. The first-order valence-corrected chi connectivity index (χ1v) is 9.44. The molecule has 4 rings (SSSR count). The van der Waals surface area contributed by atoms with Crippen LogP contribution in [0.3, 0.4) is 0 Å². The van der Waals surface area contributed by atoms with Gasteiger partial charge in [0.25, 0.3) is 17.7 Å².